The molecule has 2 atom stereocenters. The number of benzene rings is 1. The Hall–Kier alpha value is -3.53. The molecule has 1 heterocycles. The van der Waals surface area contributed by atoms with Gasteiger partial charge in [-0.2, -0.15) is 0 Å². The molecule has 10 heteroatoms. The summed E-state index contributed by atoms with van der Waals surface area (Å²) in [6, 6.07) is 7.28. The number of nitrogens with zero attached hydrogens (tertiary/aromatic N) is 1. The normalized spacial score (nSPS) is 14.7. The Bertz CT molecular complexity index is 913. The molecule has 1 aromatic carbocycles. The Balaban J connectivity index is 2.03. The molecule has 10 nitrogen and oxygen atoms in total. The summed E-state index contributed by atoms with van der Waals surface area (Å²) >= 11 is 0. The van der Waals surface area contributed by atoms with Crippen LogP contribution < -0.4 is 16.4 Å². The minimum atomic E-state index is -0.947. The number of imide groups is 1. The Kier molecular flexibility index (Phi) is 11.1. The zero-order valence-corrected chi connectivity index (χ0v) is 20.2. The molecule has 0 saturated carbocycles. The molecule has 0 bridgehead atoms. The molecule has 0 unspecified atom stereocenters. The van der Waals surface area contributed by atoms with E-state index in [-0.39, 0.29) is 50.3 Å². The number of unbranched alkanes of at least 4 members (excludes halogenated alkanes) is 1. The molecule has 2 rings (SSSR count). The summed E-state index contributed by atoms with van der Waals surface area (Å²) in [5.41, 5.74) is 6.24. The number of nitrogens with one attached hydrogen (secondary N) is 2. The molecule has 190 valence electrons. The van der Waals surface area contributed by atoms with Crippen LogP contribution in [0.25, 0.3) is 0 Å². The zero-order chi connectivity index (χ0) is 25.8. The van der Waals surface area contributed by atoms with Crippen molar-refractivity contribution >= 4 is 29.6 Å². The first kappa shape index (κ1) is 27.7. The van der Waals surface area contributed by atoms with E-state index in [4.69, 9.17) is 10.5 Å². The van der Waals surface area contributed by atoms with Crippen LogP contribution in [0, 0.1) is 5.92 Å². The maximum atomic E-state index is 13.1. The third-order valence-electron chi connectivity index (χ3n) is 5.30. The van der Waals surface area contributed by atoms with Crippen molar-refractivity contribution in [3.63, 3.8) is 0 Å². The summed E-state index contributed by atoms with van der Waals surface area (Å²) in [4.78, 5) is 62.3. The van der Waals surface area contributed by atoms with Crippen LogP contribution in [0.3, 0.4) is 0 Å². The lowest BCUT2D eigenvalue weighted by atomic mass is 10.0. The zero-order valence-electron chi connectivity index (χ0n) is 20.2. The minimum absolute atomic E-state index is 0.115. The van der Waals surface area contributed by atoms with Crippen molar-refractivity contribution in [3.8, 4) is 0 Å². The first-order valence-corrected chi connectivity index (χ1v) is 11.7. The second kappa shape index (κ2) is 14.0. The fraction of sp³-hybridized carbons (Fsp3) is 0.480. The summed E-state index contributed by atoms with van der Waals surface area (Å²) in [7, 11) is 0. The summed E-state index contributed by atoms with van der Waals surface area (Å²) in [6.45, 7) is 3.94. The first-order chi connectivity index (χ1) is 16.7. The smallest absolute Gasteiger partial charge is 0.328 e. The van der Waals surface area contributed by atoms with Gasteiger partial charge < -0.3 is 21.1 Å². The predicted octanol–water partition coefficient (Wildman–Crippen LogP) is 0.452. The lowest BCUT2D eigenvalue weighted by Crippen LogP contribution is -2.53. The second-order valence-corrected chi connectivity index (χ2v) is 8.76. The Morgan fingerprint density at radius 3 is 2.23 bits per heavy atom. The van der Waals surface area contributed by atoms with E-state index in [1.807, 2.05) is 44.2 Å². The van der Waals surface area contributed by atoms with Gasteiger partial charge in [0.05, 0.1) is 13.2 Å². The molecule has 1 aliphatic rings. The van der Waals surface area contributed by atoms with Crippen LogP contribution in [0.4, 0.5) is 0 Å². The monoisotopic (exact) mass is 486 g/mol. The summed E-state index contributed by atoms with van der Waals surface area (Å²) in [5, 5.41) is 5.31. The summed E-state index contributed by atoms with van der Waals surface area (Å²) < 4.78 is 5.34. The lowest BCUT2D eigenvalue weighted by molar-refractivity contribution is -0.149. The number of rotatable bonds is 14. The van der Waals surface area contributed by atoms with E-state index in [0.29, 0.717) is 12.8 Å². The van der Waals surface area contributed by atoms with E-state index in [9.17, 15) is 24.0 Å². The molecular weight excluding hydrogens is 452 g/mol. The highest BCUT2D eigenvalue weighted by atomic mass is 16.5. The summed E-state index contributed by atoms with van der Waals surface area (Å²) in [6.07, 6.45) is 3.82. The maximum Gasteiger partial charge on any atom is 0.328 e. The molecule has 0 aliphatic carbocycles. The molecule has 1 aliphatic heterocycles. The van der Waals surface area contributed by atoms with Crippen molar-refractivity contribution in [2.45, 2.75) is 51.6 Å². The number of carbonyl (C=O) groups excluding carboxylic acids is 5. The van der Waals surface area contributed by atoms with Gasteiger partial charge in [0.15, 0.2) is 0 Å². The average Bonchev–Trinajstić information content (AvgIpc) is 3.16. The van der Waals surface area contributed by atoms with Gasteiger partial charge in [-0.1, -0.05) is 44.2 Å². The van der Waals surface area contributed by atoms with Crippen LogP contribution in [0.15, 0.2) is 42.5 Å². The Morgan fingerprint density at radius 2 is 1.63 bits per heavy atom. The van der Waals surface area contributed by atoms with Gasteiger partial charge in [0.1, 0.15) is 12.1 Å². The number of hydrogen-bond donors (Lipinski definition) is 3. The molecule has 0 aromatic heterocycles. The number of nitrogens with two attached hydrogens (primary N) is 1. The van der Waals surface area contributed by atoms with Crippen molar-refractivity contribution in [2.24, 2.45) is 11.7 Å². The standard InChI is InChI=1S/C25H34N4O6/c1-17(2)16-35-25(34)19(10-6-7-13-29-22(31)11-12-23(29)32)28-24(33)20(27-21(30)15-26)14-18-8-4-3-5-9-18/h3-5,8-9,11-12,17,19-20H,6-7,10,13-16,26H2,1-2H3,(H,27,30)(H,28,33)/t19-,20-/m0/s1. The topological polar surface area (TPSA) is 148 Å². The third kappa shape index (κ3) is 9.32. The van der Waals surface area contributed by atoms with Crippen LogP contribution in [0.5, 0.6) is 0 Å². The van der Waals surface area contributed by atoms with E-state index in [0.717, 1.165) is 10.5 Å². The van der Waals surface area contributed by atoms with Gasteiger partial charge in [0, 0.05) is 25.1 Å². The van der Waals surface area contributed by atoms with Gasteiger partial charge in [0.2, 0.25) is 11.8 Å². The van der Waals surface area contributed by atoms with Crippen LogP contribution in [-0.2, 0) is 35.1 Å². The van der Waals surface area contributed by atoms with Gasteiger partial charge in [-0.3, -0.25) is 24.1 Å². The molecule has 0 radical (unpaired) electrons. The molecule has 35 heavy (non-hydrogen) atoms. The quantitative estimate of drug-likeness (QED) is 0.196. The van der Waals surface area contributed by atoms with E-state index >= 15 is 0 Å². The summed E-state index contributed by atoms with van der Waals surface area (Å²) in [5.74, 6) is -2.22. The predicted molar refractivity (Wildman–Crippen MR) is 129 cm³/mol. The molecule has 0 fully saturated rings. The van der Waals surface area contributed by atoms with Crippen molar-refractivity contribution in [1.29, 1.82) is 0 Å². The van der Waals surface area contributed by atoms with Crippen molar-refractivity contribution < 1.29 is 28.7 Å². The highest BCUT2D eigenvalue weighted by Crippen LogP contribution is 2.11. The Labute approximate surface area is 205 Å². The fourth-order valence-corrected chi connectivity index (χ4v) is 3.45. The fourth-order valence-electron chi connectivity index (χ4n) is 3.45. The molecule has 0 spiro atoms. The van der Waals surface area contributed by atoms with Gasteiger partial charge in [-0.25, -0.2) is 4.79 Å². The van der Waals surface area contributed by atoms with Gasteiger partial charge in [0.25, 0.3) is 11.8 Å². The van der Waals surface area contributed by atoms with E-state index < -0.39 is 29.9 Å². The molecule has 1 aromatic rings. The first-order valence-electron chi connectivity index (χ1n) is 11.7. The average molecular weight is 487 g/mol. The van der Waals surface area contributed by atoms with Crippen LogP contribution in [0.2, 0.25) is 0 Å². The lowest BCUT2D eigenvalue weighted by Gasteiger charge is -2.23. The Morgan fingerprint density at radius 1 is 0.971 bits per heavy atom. The van der Waals surface area contributed by atoms with Gasteiger partial charge >= 0.3 is 5.97 Å². The largest absolute Gasteiger partial charge is 0.464 e. The van der Waals surface area contributed by atoms with Crippen molar-refractivity contribution in [3.05, 3.63) is 48.0 Å². The highest BCUT2D eigenvalue weighted by Gasteiger charge is 2.28. The van der Waals surface area contributed by atoms with E-state index in [1.54, 1.807) is 0 Å². The number of amides is 4. The number of hydrogen-bond acceptors (Lipinski definition) is 7. The number of esters is 1. The minimum Gasteiger partial charge on any atom is -0.464 e. The van der Waals surface area contributed by atoms with Crippen LogP contribution >= 0.6 is 0 Å². The van der Waals surface area contributed by atoms with Crippen molar-refractivity contribution in [2.75, 3.05) is 19.7 Å². The van der Waals surface area contributed by atoms with E-state index in [2.05, 4.69) is 10.6 Å². The molecule has 4 N–H and O–H groups in total. The molecular formula is C25H34N4O6. The van der Waals surface area contributed by atoms with Crippen LogP contribution in [0.1, 0.15) is 38.7 Å². The molecule has 0 saturated heterocycles. The van der Waals surface area contributed by atoms with Gasteiger partial charge in [-0.05, 0) is 30.7 Å². The van der Waals surface area contributed by atoms with Gasteiger partial charge in [-0.15, -0.1) is 0 Å². The van der Waals surface area contributed by atoms with Crippen LogP contribution in [-0.4, -0.2) is 66.3 Å². The second-order valence-electron chi connectivity index (χ2n) is 8.76. The number of ether oxygens (including phenoxy) is 1. The van der Waals surface area contributed by atoms with E-state index in [1.165, 1.54) is 12.2 Å². The van der Waals surface area contributed by atoms with Crippen molar-refractivity contribution in [1.82, 2.24) is 15.5 Å². The number of carbonyl (C=O) groups is 5. The third-order valence-corrected chi connectivity index (χ3v) is 5.30. The SMILES string of the molecule is CC(C)COC(=O)[C@H](CCCCN1C(=O)C=CC1=O)NC(=O)[C@H](Cc1ccccc1)NC(=O)CN. The maximum absolute atomic E-state index is 13.1. The highest BCUT2D eigenvalue weighted by molar-refractivity contribution is 6.12. The molecule has 4 amide bonds.